The van der Waals surface area contributed by atoms with Gasteiger partial charge in [-0.1, -0.05) is 128 Å². The number of fused-ring (bicyclic) bond motifs is 3. The molecule has 1 heterocycles. The molecule has 67 heavy (non-hydrogen) atoms. The molecule has 4 N–H and O–H groups in total. The molecule has 356 valence electrons. The number of aromatic nitrogens is 3. The first-order valence-electron chi connectivity index (χ1n) is 23.4. The third kappa shape index (κ3) is 8.48. The van der Waals surface area contributed by atoms with Gasteiger partial charge in [-0.25, -0.2) is 18.8 Å². The minimum absolute atomic E-state index is 0.0272. The first-order chi connectivity index (χ1) is 31.6. The van der Waals surface area contributed by atoms with Gasteiger partial charge in [0, 0.05) is 24.7 Å². The molecule has 1 saturated carbocycles. The average Bonchev–Trinajstić information content (AvgIpc) is 3.62. The van der Waals surface area contributed by atoms with Crippen LogP contribution < -0.4 is 11.4 Å². The van der Waals surface area contributed by atoms with Crippen LogP contribution in [-0.2, 0) is 31.5 Å². The normalized spacial score (nSPS) is 28.2. The van der Waals surface area contributed by atoms with Crippen molar-refractivity contribution in [2.24, 2.45) is 17.8 Å². The number of hydrogen-bond acceptors (Lipinski definition) is 9. The van der Waals surface area contributed by atoms with Gasteiger partial charge >= 0.3 is 11.4 Å². The van der Waals surface area contributed by atoms with Gasteiger partial charge < -0.3 is 34.0 Å². The molecule has 3 unspecified atom stereocenters. The van der Waals surface area contributed by atoms with Crippen LogP contribution in [0.15, 0.2) is 154 Å². The summed E-state index contributed by atoms with van der Waals surface area (Å²) in [7, 11) is -5.36. The average molecular weight is 946 g/mol. The molecule has 0 aliphatic heterocycles. The highest BCUT2D eigenvalue weighted by Gasteiger charge is 2.70. The minimum Gasteiger partial charge on any atom is -0.408 e. The number of para-hydroxylation sites is 1. The van der Waals surface area contributed by atoms with Crippen LogP contribution in [0.5, 0.6) is 0 Å². The Labute approximate surface area is 395 Å². The molecule has 12 nitrogen and oxygen atoms in total. The summed E-state index contributed by atoms with van der Waals surface area (Å²) >= 11 is 0. The van der Waals surface area contributed by atoms with Crippen molar-refractivity contribution in [3.63, 3.8) is 0 Å². The molecule has 8 rings (SSSR count). The Kier molecular flexibility index (Phi) is 13.1. The smallest absolute Gasteiger partial charge is 0.354 e. The second-order valence-electron chi connectivity index (χ2n) is 21.0. The summed E-state index contributed by atoms with van der Waals surface area (Å²) in [6.45, 7) is 17.0. The van der Waals surface area contributed by atoms with Crippen LogP contribution in [-0.4, -0.2) is 87.1 Å². The van der Waals surface area contributed by atoms with E-state index in [1.165, 1.54) is 16.3 Å². The van der Waals surface area contributed by atoms with E-state index in [0.717, 1.165) is 21.3 Å². The van der Waals surface area contributed by atoms with Gasteiger partial charge in [-0.15, -0.1) is 0 Å². The standard InChI is InChI=1S/C53H67N3O9Si2/c1-36-30-45-50(46(36)58,64-66(4,5)6)33-39(35-63-53(40-22-14-10-15-23-40,41-24-16-11-17-25-41)42-26-18-12-19-27-42)31-44-47(59)51(65-67(7,8)9,32-37(2)52(44,45)62)56-49(61)55(43-28-20-13-21-29-43)48(60)54(56)34-38(3)57/h10-31,37-38,44-47,57-59,62H,32-35H2,1-9H3/t37-,38?,44+,45-,46+,47?,50-,51?,52-/m1/s1. The van der Waals surface area contributed by atoms with E-state index < -0.39 is 86.6 Å². The summed E-state index contributed by atoms with van der Waals surface area (Å²) < 4.78 is 25.4. The molecule has 9 atom stereocenters. The molecule has 3 aliphatic carbocycles. The maximum atomic E-state index is 15.2. The quantitative estimate of drug-likeness (QED) is 0.0510. The molecule has 1 fully saturated rings. The molecule has 0 saturated heterocycles. The Hall–Kier alpha value is -4.75. The van der Waals surface area contributed by atoms with Crippen molar-refractivity contribution in [2.75, 3.05) is 6.61 Å². The van der Waals surface area contributed by atoms with E-state index >= 15 is 4.79 Å². The molecule has 3 aliphatic rings. The lowest BCUT2D eigenvalue weighted by molar-refractivity contribution is -0.263. The number of benzene rings is 4. The van der Waals surface area contributed by atoms with Gasteiger partial charge in [0.25, 0.3) is 0 Å². The lowest BCUT2D eigenvalue weighted by Crippen LogP contribution is -2.72. The summed E-state index contributed by atoms with van der Waals surface area (Å²) in [6.07, 6.45) is -0.0424. The number of nitrogens with zero attached hydrogens (tertiary/aromatic N) is 3. The number of hydrogen-bond donors (Lipinski definition) is 4. The lowest BCUT2D eigenvalue weighted by Gasteiger charge is -2.59. The number of aliphatic hydroxyl groups excluding tert-OH is 3. The Morgan fingerprint density at radius 3 is 1.72 bits per heavy atom. The van der Waals surface area contributed by atoms with Crippen LogP contribution >= 0.6 is 0 Å². The van der Waals surface area contributed by atoms with Crippen molar-refractivity contribution in [3.8, 4) is 5.69 Å². The number of aliphatic hydroxyl groups is 4. The second-order valence-corrected chi connectivity index (χ2v) is 29.9. The van der Waals surface area contributed by atoms with Crippen LogP contribution in [0.1, 0.15) is 50.3 Å². The van der Waals surface area contributed by atoms with Gasteiger partial charge in [-0.2, -0.15) is 4.68 Å². The topological polar surface area (TPSA) is 158 Å². The minimum atomic E-state index is -2.81. The summed E-state index contributed by atoms with van der Waals surface area (Å²) in [5, 5.41) is 51.1. The van der Waals surface area contributed by atoms with Crippen LogP contribution in [0.3, 0.4) is 0 Å². The van der Waals surface area contributed by atoms with E-state index in [2.05, 4.69) is 19.6 Å². The maximum absolute atomic E-state index is 15.2. The summed E-state index contributed by atoms with van der Waals surface area (Å²) in [5.41, 5.74) is -3.45. The molecular formula is C53H67N3O9Si2. The molecule has 0 amide bonds. The Morgan fingerprint density at radius 1 is 0.746 bits per heavy atom. The van der Waals surface area contributed by atoms with Crippen LogP contribution in [0.4, 0.5) is 0 Å². The summed E-state index contributed by atoms with van der Waals surface area (Å²) in [5.74, 6) is -2.78. The molecule has 0 radical (unpaired) electrons. The monoisotopic (exact) mass is 945 g/mol. The fourth-order valence-corrected chi connectivity index (χ4v) is 14.3. The van der Waals surface area contributed by atoms with Gasteiger partial charge in [0.2, 0.25) is 0 Å². The maximum Gasteiger partial charge on any atom is 0.354 e. The zero-order chi connectivity index (χ0) is 48.3. The third-order valence-electron chi connectivity index (χ3n) is 13.8. The van der Waals surface area contributed by atoms with Crippen LogP contribution in [0.25, 0.3) is 5.69 Å². The van der Waals surface area contributed by atoms with Crippen LogP contribution in [0.2, 0.25) is 39.3 Å². The number of ether oxygens (including phenoxy) is 1. The summed E-state index contributed by atoms with van der Waals surface area (Å²) in [4.78, 5) is 29.8. The Bertz CT molecular complexity index is 2630. The Morgan fingerprint density at radius 2 is 1.24 bits per heavy atom. The lowest BCUT2D eigenvalue weighted by atomic mass is 9.57. The molecule has 5 aromatic rings. The van der Waals surface area contributed by atoms with E-state index in [1.54, 1.807) is 30.3 Å². The van der Waals surface area contributed by atoms with E-state index in [9.17, 15) is 25.2 Å². The zero-order valence-corrected chi connectivity index (χ0v) is 42.2. The van der Waals surface area contributed by atoms with E-state index in [1.807, 2.05) is 137 Å². The molecule has 4 aromatic carbocycles. The molecule has 14 heteroatoms. The van der Waals surface area contributed by atoms with E-state index in [4.69, 9.17) is 13.6 Å². The fourth-order valence-electron chi connectivity index (χ4n) is 11.5. The first kappa shape index (κ1) is 48.7. The highest BCUT2D eigenvalue weighted by Crippen LogP contribution is 2.60. The molecular weight excluding hydrogens is 879 g/mol. The predicted octanol–water partition coefficient (Wildman–Crippen LogP) is 7.30. The number of rotatable bonds is 14. The fraction of sp³-hybridized carbons (Fsp3) is 0.434. The summed E-state index contributed by atoms with van der Waals surface area (Å²) in [6, 6.07) is 38.6. The van der Waals surface area contributed by atoms with Gasteiger partial charge in [0.05, 0.1) is 36.1 Å². The Balaban J connectivity index is 1.39. The van der Waals surface area contributed by atoms with Gasteiger partial charge in [0.1, 0.15) is 17.8 Å². The van der Waals surface area contributed by atoms with Gasteiger partial charge in [-0.3, -0.25) is 0 Å². The largest absolute Gasteiger partial charge is 0.408 e. The van der Waals surface area contributed by atoms with Crippen molar-refractivity contribution in [3.05, 3.63) is 182 Å². The highest BCUT2D eigenvalue weighted by atomic mass is 28.4. The van der Waals surface area contributed by atoms with Crippen molar-refractivity contribution < 1.29 is 34.0 Å². The van der Waals surface area contributed by atoms with Gasteiger partial charge in [0.15, 0.2) is 22.4 Å². The van der Waals surface area contributed by atoms with Crippen molar-refractivity contribution in [1.82, 2.24) is 13.9 Å². The predicted molar refractivity (Wildman–Crippen MR) is 265 cm³/mol. The van der Waals surface area contributed by atoms with Gasteiger partial charge in [-0.05, 0) is 99.0 Å². The molecule has 1 aromatic heterocycles. The zero-order valence-electron chi connectivity index (χ0n) is 40.2. The van der Waals surface area contributed by atoms with Crippen molar-refractivity contribution in [2.45, 2.75) is 120 Å². The van der Waals surface area contributed by atoms with Crippen molar-refractivity contribution >= 4 is 16.6 Å². The van der Waals surface area contributed by atoms with E-state index in [0.29, 0.717) is 16.8 Å². The molecule has 0 spiro atoms. The van der Waals surface area contributed by atoms with Crippen LogP contribution in [0, 0.1) is 17.8 Å². The van der Waals surface area contributed by atoms with Crippen molar-refractivity contribution in [1.29, 1.82) is 0 Å². The second kappa shape index (κ2) is 18.0. The SMILES string of the molecule is CC1=C[C@@H]2[C@](O[Si](C)(C)C)(CC(COC(c3ccccc3)(c3ccccc3)c3ccccc3)=C[C@H]3C(O)C(O[Si](C)(C)C)(n4c(=O)n(-c5ccccc5)c(=O)n4CC(C)O)C[C@@H](C)[C@]23O)[C@H]1O. The van der Waals surface area contributed by atoms with E-state index in [-0.39, 0.29) is 26.0 Å². The third-order valence-corrected chi connectivity index (χ3v) is 15.8. The first-order valence-corrected chi connectivity index (χ1v) is 30.3. The highest BCUT2D eigenvalue weighted by molar-refractivity contribution is 6.70. The molecule has 0 bridgehead atoms.